The third kappa shape index (κ3) is 71.6. The van der Waals surface area contributed by atoms with E-state index >= 15 is 0 Å². The molecule has 0 fully saturated rings. The molecule has 0 bridgehead atoms. The second-order valence-corrected chi connectivity index (χ2v) is 27.4. The molecule has 6 nitrogen and oxygen atoms in total. The fourth-order valence-corrected chi connectivity index (χ4v) is 12.8. The molecule has 0 saturated carbocycles. The Kier molecular flexibility index (Phi) is 73.8. The van der Waals surface area contributed by atoms with E-state index in [1.807, 2.05) is 0 Å². The number of rotatable bonds is 75. The Morgan fingerprint density at radius 1 is 0.318 bits per heavy atom. The molecule has 506 valence electrons. The van der Waals surface area contributed by atoms with Crippen molar-refractivity contribution in [2.75, 3.05) is 13.2 Å². The number of aliphatic hydroxyl groups excluding tert-OH is 2. The lowest BCUT2D eigenvalue weighted by Gasteiger charge is -2.22. The minimum atomic E-state index is -0.664. The number of nitrogens with one attached hydrogen (secondary N) is 1. The van der Waals surface area contributed by atoms with Crippen LogP contribution < -0.4 is 5.32 Å². The fourth-order valence-electron chi connectivity index (χ4n) is 12.8. The molecule has 2 atom stereocenters. The number of aliphatic hydroxyl groups is 2. The Labute approximate surface area is 533 Å². The molecular formula is C79H155NO5. The van der Waals surface area contributed by atoms with E-state index in [1.165, 1.54) is 385 Å². The maximum atomic E-state index is 12.6. The van der Waals surface area contributed by atoms with Crippen molar-refractivity contribution in [3.63, 3.8) is 0 Å². The van der Waals surface area contributed by atoms with Gasteiger partial charge in [-0.2, -0.15) is 0 Å². The van der Waals surface area contributed by atoms with Gasteiger partial charge in [-0.1, -0.05) is 405 Å². The monoisotopic (exact) mass is 1200 g/mol. The molecule has 2 unspecified atom stereocenters. The summed E-state index contributed by atoms with van der Waals surface area (Å²) in [6.07, 6.45) is 94.4. The standard InChI is InChI=1S/C79H155NO5/c1-3-5-7-9-11-13-15-17-19-21-23-36-39-43-47-51-55-59-63-67-71-77(82)76(75-81)80-78(83)72-68-64-60-56-52-48-44-40-37-34-32-30-28-26-24-25-27-29-31-33-35-38-42-46-50-54-58-62-66-70-74-85-79(84)73-69-65-61-57-53-49-45-41-22-20-18-16-14-12-10-8-6-4-2/h25,27,76-77,81-82H,3-24,26,28-75H2,1-2H3,(H,80,83)/b27-25-. The van der Waals surface area contributed by atoms with Crippen molar-refractivity contribution in [3.05, 3.63) is 12.2 Å². The van der Waals surface area contributed by atoms with E-state index in [2.05, 4.69) is 31.3 Å². The average Bonchev–Trinajstić information content (AvgIpc) is 3.51. The zero-order valence-corrected chi connectivity index (χ0v) is 58.1. The summed E-state index contributed by atoms with van der Waals surface area (Å²) >= 11 is 0. The molecule has 85 heavy (non-hydrogen) atoms. The van der Waals surface area contributed by atoms with Gasteiger partial charge in [-0.05, 0) is 51.4 Å². The van der Waals surface area contributed by atoms with Gasteiger partial charge in [-0.25, -0.2) is 0 Å². The van der Waals surface area contributed by atoms with Crippen LogP contribution in [0.1, 0.15) is 457 Å². The van der Waals surface area contributed by atoms with Crippen LogP contribution in [0.25, 0.3) is 0 Å². The van der Waals surface area contributed by atoms with Crippen LogP contribution in [0.2, 0.25) is 0 Å². The van der Waals surface area contributed by atoms with Gasteiger partial charge < -0.3 is 20.3 Å². The zero-order chi connectivity index (χ0) is 61.3. The zero-order valence-electron chi connectivity index (χ0n) is 58.1. The topological polar surface area (TPSA) is 95.9 Å². The number of ether oxygens (including phenoxy) is 1. The molecule has 0 aromatic heterocycles. The predicted octanol–water partition coefficient (Wildman–Crippen LogP) is 25.9. The van der Waals surface area contributed by atoms with Crippen LogP contribution in [0.3, 0.4) is 0 Å². The molecule has 0 heterocycles. The van der Waals surface area contributed by atoms with Gasteiger partial charge >= 0.3 is 5.97 Å². The molecule has 0 aliphatic heterocycles. The maximum Gasteiger partial charge on any atom is 0.305 e. The van der Waals surface area contributed by atoms with Crippen LogP contribution in [0.15, 0.2) is 12.2 Å². The van der Waals surface area contributed by atoms with E-state index < -0.39 is 12.1 Å². The number of carbonyl (C=O) groups excluding carboxylic acids is 2. The molecule has 0 aromatic carbocycles. The van der Waals surface area contributed by atoms with Gasteiger partial charge in [-0.3, -0.25) is 9.59 Å². The highest BCUT2D eigenvalue weighted by Crippen LogP contribution is 2.20. The molecule has 0 radical (unpaired) electrons. The van der Waals surface area contributed by atoms with Gasteiger partial charge in [0, 0.05) is 12.8 Å². The minimum absolute atomic E-state index is 0.0229. The number of hydrogen-bond donors (Lipinski definition) is 3. The highest BCUT2D eigenvalue weighted by atomic mass is 16.5. The van der Waals surface area contributed by atoms with Crippen LogP contribution >= 0.6 is 0 Å². The number of hydrogen-bond acceptors (Lipinski definition) is 5. The lowest BCUT2D eigenvalue weighted by Crippen LogP contribution is -2.45. The first-order valence-electron chi connectivity index (χ1n) is 39.4. The van der Waals surface area contributed by atoms with Gasteiger partial charge in [0.25, 0.3) is 0 Å². The molecule has 1 amide bonds. The lowest BCUT2D eigenvalue weighted by atomic mass is 10.0. The highest BCUT2D eigenvalue weighted by molar-refractivity contribution is 5.76. The van der Waals surface area contributed by atoms with E-state index in [9.17, 15) is 19.8 Å². The SMILES string of the molecule is CCCCCCCCCCCCCCCCCCCCCCC(O)C(CO)NC(=O)CCCCCCCCCCCCCCCC/C=C\CCCCCCCCCCCCCCOC(=O)CCCCCCCCCCCCCCCCCCCC. The smallest absolute Gasteiger partial charge is 0.305 e. The van der Waals surface area contributed by atoms with Crippen molar-refractivity contribution in [2.24, 2.45) is 0 Å². The molecule has 0 aliphatic rings. The summed E-state index contributed by atoms with van der Waals surface area (Å²) in [6.45, 7) is 5.01. The lowest BCUT2D eigenvalue weighted by molar-refractivity contribution is -0.143. The van der Waals surface area contributed by atoms with Gasteiger partial charge in [0.05, 0.1) is 25.4 Å². The van der Waals surface area contributed by atoms with Crippen molar-refractivity contribution in [2.45, 2.75) is 469 Å². The van der Waals surface area contributed by atoms with Gasteiger partial charge in [0.15, 0.2) is 0 Å². The summed E-state index contributed by atoms with van der Waals surface area (Å²) in [5.41, 5.74) is 0. The summed E-state index contributed by atoms with van der Waals surface area (Å²) in [6, 6.07) is -0.541. The largest absolute Gasteiger partial charge is 0.466 e. The molecule has 3 N–H and O–H groups in total. The average molecular weight is 1200 g/mol. The first-order chi connectivity index (χ1) is 42.0. The molecular weight excluding hydrogens is 1040 g/mol. The normalized spacial score (nSPS) is 12.5. The third-order valence-corrected chi connectivity index (χ3v) is 18.8. The van der Waals surface area contributed by atoms with Crippen molar-refractivity contribution in [1.29, 1.82) is 0 Å². The second-order valence-electron chi connectivity index (χ2n) is 27.4. The number of amides is 1. The van der Waals surface area contributed by atoms with Gasteiger partial charge in [-0.15, -0.1) is 0 Å². The number of esters is 1. The molecule has 0 aliphatic carbocycles. The van der Waals surface area contributed by atoms with Gasteiger partial charge in [0.1, 0.15) is 0 Å². The Bertz CT molecular complexity index is 1290. The summed E-state index contributed by atoms with van der Waals surface area (Å²) in [5, 5.41) is 23.4. The summed E-state index contributed by atoms with van der Waals surface area (Å²) in [7, 11) is 0. The van der Waals surface area contributed by atoms with Crippen LogP contribution in [0.5, 0.6) is 0 Å². The molecule has 0 aromatic rings. The maximum absolute atomic E-state index is 12.6. The van der Waals surface area contributed by atoms with E-state index in [0.717, 1.165) is 38.5 Å². The molecule has 0 spiro atoms. The third-order valence-electron chi connectivity index (χ3n) is 18.8. The van der Waals surface area contributed by atoms with Crippen LogP contribution in [0.4, 0.5) is 0 Å². The Hall–Kier alpha value is -1.40. The molecule has 6 heteroatoms. The summed E-state index contributed by atoms with van der Waals surface area (Å²) in [5.74, 6) is -0.00522. The van der Waals surface area contributed by atoms with Crippen molar-refractivity contribution in [3.8, 4) is 0 Å². The van der Waals surface area contributed by atoms with E-state index in [0.29, 0.717) is 25.9 Å². The first kappa shape index (κ1) is 83.6. The Morgan fingerprint density at radius 2 is 0.553 bits per heavy atom. The van der Waals surface area contributed by atoms with Crippen LogP contribution in [0, 0.1) is 0 Å². The van der Waals surface area contributed by atoms with Crippen molar-refractivity contribution < 1.29 is 24.5 Å². The minimum Gasteiger partial charge on any atom is -0.466 e. The number of allylic oxidation sites excluding steroid dienone is 2. The predicted molar refractivity (Wildman–Crippen MR) is 375 cm³/mol. The van der Waals surface area contributed by atoms with E-state index in [1.54, 1.807) is 0 Å². The number of unbranched alkanes of at least 4 members (excludes halogenated alkanes) is 62. The Morgan fingerprint density at radius 3 is 0.835 bits per heavy atom. The van der Waals surface area contributed by atoms with E-state index in [-0.39, 0.29) is 18.5 Å². The van der Waals surface area contributed by atoms with Crippen LogP contribution in [-0.2, 0) is 14.3 Å². The molecule has 0 rings (SSSR count). The second kappa shape index (κ2) is 75.1. The summed E-state index contributed by atoms with van der Waals surface area (Å²) in [4.78, 5) is 24.7. The van der Waals surface area contributed by atoms with Crippen LogP contribution in [-0.4, -0.2) is 47.4 Å². The summed E-state index contributed by atoms with van der Waals surface area (Å²) < 4.78 is 5.52. The van der Waals surface area contributed by atoms with E-state index in [4.69, 9.17) is 4.74 Å². The first-order valence-corrected chi connectivity index (χ1v) is 39.4. The van der Waals surface area contributed by atoms with Gasteiger partial charge in [0.2, 0.25) is 5.91 Å². The highest BCUT2D eigenvalue weighted by Gasteiger charge is 2.20. The van der Waals surface area contributed by atoms with Crippen molar-refractivity contribution in [1.82, 2.24) is 5.32 Å². The molecule has 0 saturated heterocycles. The fraction of sp³-hybridized carbons (Fsp3) is 0.949. The number of carbonyl (C=O) groups is 2. The quantitative estimate of drug-likeness (QED) is 0.0320. The van der Waals surface area contributed by atoms with Crippen molar-refractivity contribution >= 4 is 11.9 Å². The Balaban J connectivity index is 3.34.